The summed E-state index contributed by atoms with van der Waals surface area (Å²) >= 11 is 0. The molecule has 0 aliphatic carbocycles. The lowest BCUT2D eigenvalue weighted by atomic mass is 9.83. The Kier molecular flexibility index (Phi) is 3.80. The molecule has 4 heteroatoms. The number of aliphatic hydroxyl groups is 1. The third-order valence-electron chi connectivity index (χ3n) is 3.55. The first-order chi connectivity index (χ1) is 8.90. The minimum atomic E-state index is -0.968. The second-order valence-electron chi connectivity index (χ2n) is 5.70. The molecule has 0 radical (unpaired) electrons. The van der Waals surface area contributed by atoms with Crippen molar-refractivity contribution in [3.8, 4) is 5.75 Å². The van der Waals surface area contributed by atoms with Gasteiger partial charge < -0.3 is 15.2 Å². The summed E-state index contributed by atoms with van der Waals surface area (Å²) in [6.07, 6.45) is -0.0246. The van der Waals surface area contributed by atoms with Gasteiger partial charge in [0.25, 0.3) is 0 Å². The Morgan fingerprint density at radius 2 is 2.26 bits per heavy atom. The van der Waals surface area contributed by atoms with Gasteiger partial charge >= 0.3 is 0 Å². The van der Waals surface area contributed by atoms with Crippen LogP contribution in [0.2, 0.25) is 0 Å². The van der Waals surface area contributed by atoms with Gasteiger partial charge in [0.15, 0.2) is 0 Å². The van der Waals surface area contributed by atoms with E-state index in [0.717, 1.165) is 18.8 Å². The summed E-state index contributed by atoms with van der Waals surface area (Å²) in [7, 11) is 0. The summed E-state index contributed by atoms with van der Waals surface area (Å²) < 4.78 is 5.49. The first-order valence-corrected chi connectivity index (χ1v) is 6.62. The molecule has 104 valence electrons. The molecule has 4 nitrogen and oxygen atoms in total. The average molecular weight is 263 g/mol. The van der Waals surface area contributed by atoms with Gasteiger partial charge in [-0.05, 0) is 24.1 Å². The van der Waals surface area contributed by atoms with Crippen molar-refractivity contribution in [1.82, 2.24) is 5.32 Å². The molecule has 1 aliphatic rings. The molecule has 1 atom stereocenters. The molecule has 0 spiro atoms. The highest BCUT2D eigenvalue weighted by Crippen LogP contribution is 2.31. The van der Waals surface area contributed by atoms with Crippen LogP contribution in [0.25, 0.3) is 0 Å². The summed E-state index contributed by atoms with van der Waals surface area (Å²) in [5, 5.41) is 12.0. The number of fused-ring (bicyclic) bond motifs is 1. The minimum absolute atomic E-state index is 0.178. The van der Waals surface area contributed by atoms with Crippen LogP contribution < -0.4 is 10.1 Å². The maximum atomic E-state index is 11.4. The van der Waals surface area contributed by atoms with Crippen LogP contribution in [-0.2, 0) is 16.6 Å². The lowest BCUT2D eigenvalue weighted by Gasteiger charge is -2.26. The molecule has 1 heterocycles. The van der Waals surface area contributed by atoms with E-state index in [1.54, 1.807) is 0 Å². The van der Waals surface area contributed by atoms with E-state index in [9.17, 15) is 9.90 Å². The fourth-order valence-electron chi connectivity index (χ4n) is 2.17. The molecular formula is C15H21NO3. The molecule has 0 saturated heterocycles. The van der Waals surface area contributed by atoms with Crippen LogP contribution in [-0.4, -0.2) is 30.3 Å². The Labute approximate surface area is 113 Å². The molecule has 0 saturated carbocycles. The van der Waals surface area contributed by atoms with Crippen LogP contribution >= 0.6 is 0 Å². The summed E-state index contributed by atoms with van der Waals surface area (Å²) in [6, 6.07) is 6.19. The highest BCUT2D eigenvalue weighted by Gasteiger charge is 2.24. The van der Waals surface area contributed by atoms with Crippen molar-refractivity contribution in [2.24, 2.45) is 0 Å². The Balaban J connectivity index is 2.08. The maximum absolute atomic E-state index is 11.4. The molecule has 19 heavy (non-hydrogen) atoms. The van der Waals surface area contributed by atoms with Gasteiger partial charge in [0, 0.05) is 18.4 Å². The highest BCUT2D eigenvalue weighted by atomic mass is 16.5. The Morgan fingerprint density at radius 1 is 1.53 bits per heavy atom. The van der Waals surface area contributed by atoms with Crippen molar-refractivity contribution in [2.75, 3.05) is 13.2 Å². The lowest BCUT2D eigenvalue weighted by molar-refractivity contribution is -0.128. The number of ether oxygens (including phenoxy) is 1. The third-order valence-corrected chi connectivity index (χ3v) is 3.55. The molecule has 0 bridgehead atoms. The zero-order chi connectivity index (χ0) is 14.0. The number of hydrogen-bond donors (Lipinski definition) is 2. The van der Waals surface area contributed by atoms with E-state index in [2.05, 4.69) is 25.2 Å². The van der Waals surface area contributed by atoms with Crippen LogP contribution in [0.1, 0.15) is 31.9 Å². The van der Waals surface area contributed by atoms with Crippen LogP contribution in [0.3, 0.4) is 0 Å². The van der Waals surface area contributed by atoms with Gasteiger partial charge in [-0.1, -0.05) is 26.0 Å². The largest absolute Gasteiger partial charge is 0.493 e. The fourth-order valence-corrected chi connectivity index (χ4v) is 2.17. The van der Waals surface area contributed by atoms with Crippen LogP contribution in [0.4, 0.5) is 0 Å². The minimum Gasteiger partial charge on any atom is -0.493 e. The number of amides is 1. The second kappa shape index (κ2) is 5.21. The third kappa shape index (κ3) is 3.07. The van der Waals surface area contributed by atoms with Gasteiger partial charge in [-0.15, -0.1) is 0 Å². The fraction of sp³-hybridized carbons (Fsp3) is 0.533. The predicted molar refractivity (Wildman–Crippen MR) is 73.4 cm³/mol. The normalized spacial score (nSPS) is 15.6. The lowest BCUT2D eigenvalue weighted by Crippen LogP contribution is -2.40. The van der Waals surface area contributed by atoms with E-state index < -0.39 is 6.10 Å². The number of carbonyl (C=O) groups is 1. The zero-order valence-electron chi connectivity index (χ0n) is 11.7. The van der Waals surface area contributed by atoms with Crippen LogP contribution in [0, 0.1) is 0 Å². The zero-order valence-corrected chi connectivity index (χ0v) is 11.7. The molecule has 1 aromatic carbocycles. The second-order valence-corrected chi connectivity index (χ2v) is 5.70. The van der Waals surface area contributed by atoms with E-state index in [-0.39, 0.29) is 11.3 Å². The van der Waals surface area contributed by atoms with Gasteiger partial charge in [-0.3, -0.25) is 4.79 Å². The van der Waals surface area contributed by atoms with E-state index in [0.29, 0.717) is 6.54 Å². The first-order valence-electron chi connectivity index (χ1n) is 6.62. The molecule has 0 aromatic heterocycles. The number of aliphatic hydroxyl groups excluding tert-OH is 1. The monoisotopic (exact) mass is 263 g/mol. The van der Waals surface area contributed by atoms with Gasteiger partial charge in [0.2, 0.25) is 5.91 Å². The van der Waals surface area contributed by atoms with Crippen molar-refractivity contribution in [3.63, 3.8) is 0 Å². The number of benzene rings is 1. The molecular weight excluding hydrogens is 242 g/mol. The van der Waals surface area contributed by atoms with Crippen molar-refractivity contribution >= 4 is 5.91 Å². The molecule has 1 amide bonds. The molecule has 1 unspecified atom stereocenters. The van der Waals surface area contributed by atoms with E-state index in [1.807, 2.05) is 12.1 Å². The van der Waals surface area contributed by atoms with Gasteiger partial charge in [-0.2, -0.15) is 0 Å². The Hall–Kier alpha value is -1.55. The van der Waals surface area contributed by atoms with Gasteiger partial charge in [-0.25, -0.2) is 0 Å². The van der Waals surface area contributed by atoms with Crippen LogP contribution in [0.5, 0.6) is 5.75 Å². The van der Waals surface area contributed by atoms with Gasteiger partial charge in [0.1, 0.15) is 11.9 Å². The van der Waals surface area contributed by atoms with Crippen molar-refractivity contribution in [3.05, 3.63) is 29.3 Å². The van der Waals surface area contributed by atoms with Gasteiger partial charge in [0.05, 0.1) is 6.61 Å². The summed E-state index contributed by atoms with van der Waals surface area (Å²) in [5.74, 6) is 0.630. The van der Waals surface area contributed by atoms with Crippen molar-refractivity contribution in [1.29, 1.82) is 0 Å². The number of carbonyl (C=O) groups excluding carboxylic acids is 1. The smallest absolute Gasteiger partial charge is 0.248 e. The molecule has 2 N–H and O–H groups in total. The Bertz CT molecular complexity index is 480. The predicted octanol–water partition coefficient (Wildman–Crippen LogP) is 1.40. The summed E-state index contributed by atoms with van der Waals surface area (Å²) in [5.41, 5.74) is 2.22. The van der Waals surface area contributed by atoms with Crippen molar-refractivity contribution < 1.29 is 14.6 Å². The quantitative estimate of drug-likeness (QED) is 0.863. The Morgan fingerprint density at radius 3 is 2.95 bits per heavy atom. The van der Waals surface area contributed by atoms with Crippen LogP contribution in [0.15, 0.2) is 18.2 Å². The summed E-state index contributed by atoms with van der Waals surface area (Å²) in [4.78, 5) is 11.4. The molecule has 1 aliphatic heterocycles. The standard InChI is InChI=1S/C15H21NO3/c1-10(17)14(18)16-9-15(2,3)12-4-5-13-11(8-12)6-7-19-13/h4-5,8,10,17H,6-7,9H2,1-3H3,(H,16,18). The van der Waals surface area contributed by atoms with E-state index in [1.165, 1.54) is 18.1 Å². The maximum Gasteiger partial charge on any atom is 0.248 e. The number of nitrogens with one attached hydrogen (secondary N) is 1. The van der Waals surface area contributed by atoms with Crippen molar-refractivity contribution in [2.45, 2.75) is 38.7 Å². The average Bonchev–Trinajstić information content (AvgIpc) is 2.82. The highest BCUT2D eigenvalue weighted by molar-refractivity contribution is 5.80. The topological polar surface area (TPSA) is 58.6 Å². The SMILES string of the molecule is CC(O)C(=O)NCC(C)(C)c1ccc2c(c1)CCO2. The molecule has 0 fully saturated rings. The first kappa shape index (κ1) is 13.9. The number of hydrogen-bond acceptors (Lipinski definition) is 3. The summed E-state index contributed by atoms with van der Waals surface area (Å²) in [6.45, 7) is 6.86. The number of rotatable bonds is 4. The molecule has 1 aromatic rings. The molecule has 2 rings (SSSR count). The van der Waals surface area contributed by atoms with E-state index >= 15 is 0 Å². The van der Waals surface area contributed by atoms with E-state index in [4.69, 9.17) is 4.74 Å².